The SMILES string of the molecule is Cc1c(N)cccc1N1CCSC(C)(C)C1. The van der Waals surface area contributed by atoms with E-state index in [1.54, 1.807) is 0 Å². The fourth-order valence-corrected chi connectivity index (χ4v) is 3.32. The summed E-state index contributed by atoms with van der Waals surface area (Å²) in [6.07, 6.45) is 0. The van der Waals surface area contributed by atoms with Crippen LogP contribution in [-0.4, -0.2) is 23.6 Å². The van der Waals surface area contributed by atoms with Gasteiger partial charge in [0.2, 0.25) is 0 Å². The Hall–Kier alpha value is -0.830. The Balaban J connectivity index is 2.27. The van der Waals surface area contributed by atoms with E-state index in [1.165, 1.54) is 17.0 Å². The van der Waals surface area contributed by atoms with Gasteiger partial charge in [-0.05, 0) is 38.5 Å². The molecule has 0 atom stereocenters. The quantitative estimate of drug-likeness (QED) is 0.760. The lowest BCUT2D eigenvalue weighted by Crippen LogP contribution is -2.43. The highest BCUT2D eigenvalue weighted by Gasteiger charge is 2.27. The zero-order valence-electron chi connectivity index (χ0n) is 10.3. The van der Waals surface area contributed by atoms with Crippen LogP contribution in [0.25, 0.3) is 0 Å². The molecule has 0 aliphatic carbocycles. The van der Waals surface area contributed by atoms with Gasteiger partial charge in [0.05, 0.1) is 0 Å². The third-order valence-electron chi connectivity index (χ3n) is 3.11. The molecule has 0 amide bonds. The number of nitrogens with two attached hydrogens (primary N) is 1. The third-order valence-corrected chi connectivity index (χ3v) is 4.41. The fraction of sp³-hybridized carbons (Fsp3) is 0.538. The van der Waals surface area contributed by atoms with Crippen molar-refractivity contribution in [2.75, 3.05) is 29.5 Å². The highest BCUT2D eigenvalue weighted by molar-refractivity contribution is 8.00. The number of nitrogens with zero attached hydrogens (tertiary/aromatic N) is 1. The molecule has 0 saturated carbocycles. The van der Waals surface area contributed by atoms with Gasteiger partial charge in [0, 0.05) is 35.0 Å². The average Bonchev–Trinajstić information content (AvgIpc) is 2.20. The number of rotatable bonds is 1. The summed E-state index contributed by atoms with van der Waals surface area (Å²) < 4.78 is 0.343. The first-order valence-electron chi connectivity index (χ1n) is 5.74. The molecule has 0 aromatic heterocycles. The van der Waals surface area contributed by atoms with Crippen LogP contribution in [0.15, 0.2) is 18.2 Å². The van der Waals surface area contributed by atoms with Crippen LogP contribution in [0.3, 0.4) is 0 Å². The summed E-state index contributed by atoms with van der Waals surface area (Å²) in [6, 6.07) is 6.20. The normalized spacial score (nSPS) is 19.8. The fourth-order valence-electron chi connectivity index (χ4n) is 2.21. The van der Waals surface area contributed by atoms with E-state index in [0.29, 0.717) is 4.75 Å². The molecule has 1 saturated heterocycles. The summed E-state index contributed by atoms with van der Waals surface area (Å²) in [5, 5.41) is 0. The van der Waals surface area contributed by atoms with Crippen LogP contribution in [0.4, 0.5) is 11.4 Å². The second-order valence-electron chi connectivity index (χ2n) is 5.02. The Morgan fingerprint density at radius 2 is 2.12 bits per heavy atom. The number of hydrogen-bond donors (Lipinski definition) is 1. The van der Waals surface area contributed by atoms with E-state index in [0.717, 1.165) is 18.8 Å². The van der Waals surface area contributed by atoms with E-state index in [-0.39, 0.29) is 0 Å². The molecule has 1 aliphatic rings. The monoisotopic (exact) mass is 236 g/mol. The predicted molar refractivity (Wildman–Crippen MR) is 74.3 cm³/mol. The molecule has 1 fully saturated rings. The van der Waals surface area contributed by atoms with Crippen LogP contribution in [-0.2, 0) is 0 Å². The van der Waals surface area contributed by atoms with Crippen molar-refractivity contribution in [3.05, 3.63) is 23.8 Å². The molecular formula is C13H20N2S. The van der Waals surface area contributed by atoms with Gasteiger partial charge in [-0.25, -0.2) is 0 Å². The zero-order chi connectivity index (χ0) is 11.8. The summed E-state index contributed by atoms with van der Waals surface area (Å²) in [7, 11) is 0. The highest BCUT2D eigenvalue weighted by atomic mass is 32.2. The maximum absolute atomic E-state index is 5.96. The summed E-state index contributed by atoms with van der Waals surface area (Å²) in [4.78, 5) is 2.46. The van der Waals surface area contributed by atoms with Crippen LogP contribution in [0.2, 0.25) is 0 Å². The minimum atomic E-state index is 0.343. The zero-order valence-corrected chi connectivity index (χ0v) is 11.1. The molecule has 3 heteroatoms. The molecule has 0 bridgehead atoms. The molecule has 1 aromatic carbocycles. The van der Waals surface area contributed by atoms with Gasteiger partial charge >= 0.3 is 0 Å². The van der Waals surface area contributed by atoms with E-state index >= 15 is 0 Å². The minimum absolute atomic E-state index is 0.343. The molecule has 2 N–H and O–H groups in total. The van der Waals surface area contributed by atoms with Gasteiger partial charge in [0.1, 0.15) is 0 Å². The summed E-state index contributed by atoms with van der Waals surface area (Å²) in [5.74, 6) is 1.20. The minimum Gasteiger partial charge on any atom is -0.398 e. The van der Waals surface area contributed by atoms with Crippen LogP contribution >= 0.6 is 11.8 Å². The Kier molecular flexibility index (Phi) is 3.06. The summed E-state index contributed by atoms with van der Waals surface area (Å²) >= 11 is 2.06. The van der Waals surface area contributed by atoms with Crippen molar-refractivity contribution in [1.82, 2.24) is 0 Å². The average molecular weight is 236 g/mol. The molecule has 1 aromatic rings. The number of anilines is 2. The van der Waals surface area contributed by atoms with E-state index in [1.807, 2.05) is 12.1 Å². The molecule has 0 radical (unpaired) electrons. The van der Waals surface area contributed by atoms with Crippen molar-refractivity contribution in [3.8, 4) is 0 Å². The highest BCUT2D eigenvalue weighted by Crippen LogP contribution is 2.34. The molecule has 0 spiro atoms. The molecule has 16 heavy (non-hydrogen) atoms. The Bertz CT molecular complexity index is 388. The standard InChI is InChI=1S/C13H20N2S/c1-10-11(14)5-4-6-12(10)15-7-8-16-13(2,3)9-15/h4-6H,7-9,14H2,1-3H3. The molecule has 2 nitrogen and oxygen atoms in total. The molecule has 0 unspecified atom stereocenters. The van der Waals surface area contributed by atoms with Gasteiger partial charge in [-0.3, -0.25) is 0 Å². The topological polar surface area (TPSA) is 29.3 Å². The lowest BCUT2D eigenvalue weighted by Gasteiger charge is -2.39. The number of thioether (sulfide) groups is 1. The molecule has 1 heterocycles. The maximum atomic E-state index is 5.96. The first-order valence-corrected chi connectivity index (χ1v) is 6.72. The Labute approximate surface area is 102 Å². The van der Waals surface area contributed by atoms with E-state index in [4.69, 9.17) is 5.73 Å². The Morgan fingerprint density at radius 1 is 1.38 bits per heavy atom. The van der Waals surface area contributed by atoms with Crippen molar-refractivity contribution in [2.24, 2.45) is 0 Å². The molecule has 2 rings (SSSR count). The lowest BCUT2D eigenvalue weighted by atomic mass is 10.1. The molecule has 88 valence electrons. The van der Waals surface area contributed by atoms with Gasteiger partial charge in [0.15, 0.2) is 0 Å². The predicted octanol–water partition coefficient (Wildman–Crippen LogP) is 2.91. The summed E-state index contributed by atoms with van der Waals surface area (Å²) in [5.41, 5.74) is 9.37. The van der Waals surface area contributed by atoms with Crippen molar-refractivity contribution >= 4 is 23.1 Å². The Morgan fingerprint density at radius 3 is 2.81 bits per heavy atom. The van der Waals surface area contributed by atoms with E-state index in [2.05, 4.69) is 43.5 Å². The first kappa shape index (κ1) is 11.6. The number of nitrogen functional groups attached to an aromatic ring is 1. The van der Waals surface area contributed by atoms with E-state index < -0.39 is 0 Å². The van der Waals surface area contributed by atoms with Gasteiger partial charge in [0.25, 0.3) is 0 Å². The number of hydrogen-bond acceptors (Lipinski definition) is 3. The molecule has 1 aliphatic heterocycles. The van der Waals surface area contributed by atoms with E-state index in [9.17, 15) is 0 Å². The lowest BCUT2D eigenvalue weighted by molar-refractivity contribution is 0.647. The van der Waals surface area contributed by atoms with Crippen molar-refractivity contribution in [1.29, 1.82) is 0 Å². The van der Waals surface area contributed by atoms with Gasteiger partial charge < -0.3 is 10.6 Å². The maximum Gasteiger partial charge on any atom is 0.0417 e. The van der Waals surface area contributed by atoms with Gasteiger partial charge in [-0.2, -0.15) is 11.8 Å². The molecular weight excluding hydrogens is 216 g/mol. The van der Waals surface area contributed by atoms with Crippen molar-refractivity contribution in [3.63, 3.8) is 0 Å². The first-order chi connectivity index (χ1) is 7.49. The van der Waals surface area contributed by atoms with Crippen LogP contribution in [0.5, 0.6) is 0 Å². The van der Waals surface area contributed by atoms with Crippen molar-refractivity contribution in [2.45, 2.75) is 25.5 Å². The van der Waals surface area contributed by atoms with Crippen LogP contribution in [0, 0.1) is 6.92 Å². The van der Waals surface area contributed by atoms with Crippen LogP contribution in [0.1, 0.15) is 19.4 Å². The number of benzene rings is 1. The smallest absolute Gasteiger partial charge is 0.0417 e. The second kappa shape index (κ2) is 4.21. The summed E-state index contributed by atoms with van der Waals surface area (Å²) in [6.45, 7) is 8.96. The van der Waals surface area contributed by atoms with Gasteiger partial charge in [-0.1, -0.05) is 6.07 Å². The second-order valence-corrected chi connectivity index (χ2v) is 6.82. The third kappa shape index (κ3) is 2.29. The van der Waals surface area contributed by atoms with Crippen LogP contribution < -0.4 is 10.6 Å². The largest absolute Gasteiger partial charge is 0.398 e. The van der Waals surface area contributed by atoms with Crippen molar-refractivity contribution < 1.29 is 0 Å². The van der Waals surface area contributed by atoms with Gasteiger partial charge in [-0.15, -0.1) is 0 Å².